The number of carbonyl (C=O) groups is 1. The van der Waals surface area contributed by atoms with Crippen LogP contribution >= 0.6 is 0 Å². The molecule has 1 N–H and O–H groups in total. The van der Waals surface area contributed by atoms with Crippen LogP contribution in [0.4, 0.5) is 10.2 Å². The van der Waals surface area contributed by atoms with E-state index in [4.69, 9.17) is 0 Å². The van der Waals surface area contributed by atoms with Gasteiger partial charge < -0.3 is 5.32 Å². The number of aromatic nitrogens is 2. The van der Waals surface area contributed by atoms with Crippen LogP contribution in [0.3, 0.4) is 0 Å². The van der Waals surface area contributed by atoms with Gasteiger partial charge in [-0.25, -0.2) is 17.5 Å². The summed E-state index contributed by atoms with van der Waals surface area (Å²) < 4.78 is 43.3. The third-order valence-electron chi connectivity index (χ3n) is 6.16. The van der Waals surface area contributed by atoms with Gasteiger partial charge in [0.25, 0.3) is 0 Å². The number of nitrogens with one attached hydrogen (secondary N) is 1. The molecular formula is C29H25FN4O3S. The maximum Gasteiger partial charge on any atom is 0.244 e. The van der Waals surface area contributed by atoms with Crippen molar-refractivity contribution in [3.05, 3.63) is 109 Å². The van der Waals surface area contributed by atoms with Gasteiger partial charge in [0, 0.05) is 23.6 Å². The molecular weight excluding hydrogens is 503 g/mol. The summed E-state index contributed by atoms with van der Waals surface area (Å²) >= 11 is 0. The summed E-state index contributed by atoms with van der Waals surface area (Å²) in [5, 5.41) is 8.80. The fourth-order valence-electron chi connectivity index (χ4n) is 4.27. The predicted octanol–water partition coefficient (Wildman–Crippen LogP) is 5.48. The van der Waals surface area contributed by atoms with Gasteiger partial charge in [-0.1, -0.05) is 73.7 Å². The highest BCUT2D eigenvalue weighted by molar-refractivity contribution is 7.89. The van der Waals surface area contributed by atoms with Crippen molar-refractivity contribution in [1.82, 2.24) is 14.1 Å². The zero-order valence-electron chi connectivity index (χ0n) is 20.6. The smallest absolute Gasteiger partial charge is 0.244 e. The van der Waals surface area contributed by atoms with E-state index in [1.165, 1.54) is 16.8 Å². The molecule has 0 saturated heterocycles. The van der Waals surface area contributed by atoms with Gasteiger partial charge in [-0.15, -0.1) is 0 Å². The molecule has 1 amide bonds. The van der Waals surface area contributed by atoms with Crippen LogP contribution in [-0.2, 0) is 14.8 Å². The Morgan fingerprint density at radius 3 is 2.34 bits per heavy atom. The lowest BCUT2D eigenvalue weighted by molar-refractivity contribution is -0.116. The second-order valence-electron chi connectivity index (χ2n) is 8.63. The Morgan fingerprint density at radius 1 is 0.921 bits per heavy atom. The second kappa shape index (κ2) is 10.6. The monoisotopic (exact) mass is 528 g/mol. The Labute approximate surface area is 220 Å². The van der Waals surface area contributed by atoms with E-state index in [0.717, 1.165) is 15.3 Å². The molecule has 9 heteroatoms. The zero-order chi connectivity index (χ0) is 26.7. The van der Waals surface area contributed by atoms with Crippen LogP contribution in [-0.4, -0.2) is 41.5 Å². The van der Waals surface area contributed by atoms with Crippen molar-refractivity contribution in [3.63, 3.8) is 0 Å². The minimum atomic E-state index is -3.96. The first-order valence-corrected chi connectivity index (χ1v) is 13.5. The molecule has 0 fully saturated rings. The van der Waals surface area contributed by atoms with Crippen molar-refractivity contribution in [2.45, 2.75) is 11.8 Å². The number of sulfonamides is 1. The molecule has 0 aliphatic carbocycles. The third-order valence-corrected chi connectivity index (χ3v) is 8.14. The maximum absolute atomic E-state index is 13.6. The van der Waals surface area contributed by atoms with Gasteiger partial charge in [-0.05, 0) is 35.7 Å². The highest BCUT2D eigenvalue weighted by Gasteiger charge is 2.27. The topological polar surface area (TPSA) is 84.3 Å². The predicted molar refractivity (Wildman–Crippen MR) is 146 cm³/mol. The number of hydrogen-bond donors (Lipinski definition) is 1. The molecule has 0 unspecified atom stereocenters. The van der Waals surface area contributed by atoms with E-state index >= 15 is 0 Å². The molecule has 0 radical (unpaired) electrons. The Balaban J connectivity index is 1.45. The highest BCUT2D eigenvalue weighted by atomic mass is 32.2. The molecule has 0 bridgehead atoms. The lowest BCUT2D eigenvalue weighted by Crippen LogP contribution is -2.38. The average Bonchev–Trinajstić information content (AvgIpc) is 3.35. The van der Waals surface area contributed by atoms with Crippen LogP contribution in [0.1, 0.15) is 6.92 Å². The van der Waals surface area contributed by atoms with Crippen LogP contribution in [0, 0.1) is 5.82 Å². The van der Waals surface area contributed by atoms with Gasteiger partial charge in [0.05, 0.1) is 22.8 Å². The van der Waals surface area contributed by atoms with Crippen LogP contribution in [0.5, 0.6) is 0 Å². The fourth-order valence-corrected chi connectivity index (χ4v) is 5.89. The summed E-state index contributed by atoms with van der Waals surface area (Å²) in [6.07, 6.45) is 0. The zero-order valence-corrected chi connectivity index (χ0v) is 21.4. The number of carbonyl (C=O) groups excluding carboxylic acids is 1. The molecule has 0 spiro atoms. The van der Waals surface area contributed by atoms with E-state index in [0.29, 0.717) is 22.6 Å². The van der Waals surface area contributed by atoms with Crippen molar-refractivity contribution in [3.8, 4) is 16.9 Å². The molecule has 0 saturated carbocycles. The normalized spacial score (nSPS) is 11.7. The second-order valence-corrected chi connectivity index (χ2v) is 10.5. The van der Waals surface area contributed by atoms with Crippen molar-refractivity contribution < 1.29 is 17.6 Å². The van der Waals surface area contributed by atoms with Gasteiger partial charge in [-0.2, -0.15) is 9.40 Å². The van der Waals surface area contributed by atoms with Crippen molar-refractivity contribution >= 4 is 32.5 Å². The van der Waals surface area contributed by atoms with Gasteiger partial charge in [0.15, 0.2) is 0 Å². The minimum Gasteiger partial charge on any atom is -0.309 e. The Morgan fingerprint density at radius 2 is 1.61 bits per heavy atom. The molecule has 7 nitrogen and oxygen atoms in total. The van der Waals surface area contributed by atoms with E-state index in [1.807, 2.05) is 48.5 Å². The van der Waals surface area contributed by atoms with Crippen LogP contribution in [0.2, 0.25) is 0 Å². The van der Waals surface area contributed by atoms with E-state index < -0.39 is 28.3 Å². The number of likely N-dealkylation sites (N-methyl/N-ethyl adjacent to an activating group) is 1. The highest BCUT2D eigenvalue weighted by Crippen LogP contribution is 2.27. The number of fused-ring (bicyclic) bond motifs is 1. The maximum atomic E-state index is 13.6. The third kappa shape index (κ3) is 5.06. The molecule has 4 aromatic carbocycles. The lowest BCUT2D eigenvalue weighted by atomic mass is 10.1. The molecule has 5 aromatic rings. The molecule has 0 aliphatic heterocycles. The molecule has 0 aliphatic rings. The van der Waals surface area contributed by atoms with Crippen molar-refractivity contribution in [2.75, 3.05) is 18.4 Å². The fraction of sp³-hybridized carbons (Fsp3) is 0.103. The van der Waals surface area contributed by atoms with Gasteiger partial charge in [-0.3, -0.25) is 4.79 Å². The van der Waals surface area contributed by atoms with Gasteiger partial charge in [0.1, 0.15) is 11.6 Å². The number of benzene rings is 4. The number of hydrogen-bond acceptors (Lipinski definition) is 4. The molecule has 1 aromatic heterocycles. The summed E-state index contributed by atoms with van der Waals surface area (Å²) in [4.78, 5) is 13.3. The van der Waals surface area contributed by atoms with Crippen LogP contribution in [0.25, 0.3) is 27.7 Å². The first kappa shape index (κ1) is 25.3. The largest absolute Gasteiger partial charge is 0.309 e. The molecule has 1 heterocycles. The number of rotatable bonds is 8. The number of amides is 1. The first-order chi connectivity index (χ1) is 18.4. The van der Waals surface area contributed by atoms with E-state index in [2.05, 4.69) is 10.4 Å². The number of anilines is 1. The number of halogens is 1. The summed E-state index contributed by atoms with van der Waals surface area (Å²) in [5.74, 6) is -0.593. The van der Waals surface area contributed by atoms with Crippen LogP contribution < -0.4 is 5.32 Å². The molecule has 38 heavy (non-hydrogen) atoms. The van der Waals surface area contributed by atoms with Crippen LogP contribution in [0.15, 0.2) is 108 Å². The van der Waals surface area contributed by atoms with Gasteiger partial charge >= 0.3 is 0 Å². The summed E-state index contributed by atoms with van der Waals surface area (Å²) in [6, 6.07) is 29.1. The Kier molecular flexibility index (Phi) is 7.04. The quantitative estimate of drug-likeness (QED) is 0.289. The lowest BCUT2D eigenvalue weighted by Gasteiger charge is -2.21. The summed E-state index contributed by atoms with van der Waals surface area (Å²) in [5.41, 5.74) is 1.97. The number of nitrogens with zero attached hydrogens (tertiary/aromatic N) is 3. The Hall–Kier alpha value is -4.34. The van der Waals surface area contributed by atoms with Gasteiger partial charge in [0.2, 0.25) is 15.9 Å². The van der Waals surface area contributed by atoms with E-state index in [1.54, 1.807) is 49.4 Å². The first-order valence-electron chi connectivity index (χ1n) is 12.1. The van der Waals surface area contributed by atoms with Crippen molar-refractivity contribution in [2.24, 2.45) is 0 Å². The Bertz CT molecular complexity index is 1700. The summed E-state index contributed by atoms with van der Waals surface area (Å²) in [7, 11) is -3.96. The standard InChI is InChI=1S/C29H25FN4O3S/c1-2-33(38(36,37)27-14-8-12-21-9-6-7-13-25(21)27)20-29(35)31-28-19-26(22-10-4-3-5-11-22)32-34(28)24-17-15-23(30)16-18-24/h3-19H,2,20H2,1H3,(H,31,35). The minimum absolute atomic E-state index is 0.103. The molecule has 192 valence electrons. The summed E-state index contributed by atoms with van der Waals surface area (Å²) in [6.45, 7) is 1.40. The van der Waals surface area contributed by atoms with Crippen molar-refractivity contribution in [1.29, 1.82) is 0 Å². The molecule has 5 rings (SSSR count). The SMILES string of the molecule is CCN(CC(=O)Nc1cc(-c2ccccc2)nn1-c1ccc(F)cc1)S(=O)(=O)c1cccc2ccccc12. The van der Waals surface area contributed by atoms with E-state index in [9.17, 15) is 17.6 Å². The average molecular weight is 529 g/mol. The van der Waals surface area contributed by atoms with E-state index in [-0.39, 0.29) is 11.4 Å². The molecule has 0 atom stereocenters.